The average molecular weight is 1590 g/mol. The van der Waals surface area contributed by atoms with Gasteiger partial charge in [-0.05, 0) is 248 Å². The Morgan fingerprint density at radius 3 is 0.750 bits per heavy atom. The summed E-state index contributed by atoms with van der Waals surface area (Å²) in [6.45, 7) is 14.6. The van der Waals surface area contributed by atoms with Gasteiger partial charge in [0.15, 0.2) is 0 Å². The Morgan fingerprint density at radius 1 is 0.226 bits per heavy atom. The first-order chi connectivity index (χ1) is 60.7. The monoisotopic (exact) mass is 1590 g/mol. The summed E-state index contributed by atoms with van der Waals surface area (Å²) in [5, 5.41) is 37.5. The van der Waals surface area contributed by atoms with Gasteiger partial charge in [-0.3, -0.25) is 4.90 Å². The van der Waals surface area contributed by atoms with Crippen LogP contribution in [0.15, 0.2) is 364 Å². The quantitative estimate of drug-likeness (QED) is 0.118. The number of anilines is 21. The van der Waals surface area contributed by atoms with E-state index >= 15 is 0 Å². The Bertz CT molecular complexity index is 7020. The molecule has 0 radical (unpaired) electrons. The van der Waals surface area contributed by atoms with Crippen LogP contribution < -0.4 is 34.3 Å². The molecule has 0 aromatic heterocycles. The number of hydrogen-bond acceptors (Lipinski definition) is 10. The highest BCUT2D eigenvalue weighted by Gasteiger charge is 2.56. The lowest BCUT2D eigenvalue weighted by atomic mass is 9.78. The molecule has 0 saturated carbocycles. The molecule has 18 aromatic carbocycles. The third-order valence-corrected chi connectivity index (χ3v) is 27.3. The molecule has 584 valence electrons. The van der Waals surface area contributed by atoms with Crippen LogP contribution in [0.4, 0.5) is 119 Å². The molecule has 10 nitrogen and oxygen atoms in total. The van der Waals surface area contributed by atoms with Crippen molar-refractivity contribution in [3.05, 3.63) is 414 Å². The first kappa shape index (κ1) is 71.9. The van der Waals surface area contributed by atoms with Crippen LogP contribution in [0.5, 0.6) is 0 Å². The zero-order valence-corrected chi connectivity index (χ0v) is 69.1. The summed E-state index contributed by atoms with van der Waals surface area (Å²) < 4.78 is 0. The first-order valence-corrected chi connectivity index (χ1v) is 42.5. The Labute approximate surface area is 720 Å². The van der Waals surface area contributed by atoms with Gasteiger partial charge in [-0.25, -0.2) is 0 Å². The number of nitriles is 3. The molecule has 3 heterocycles. The molecule has 0 unspecified atom stereocenters. The van der Waals surface area contributed by atoms with Gasteiger partial charge in [-0.2, -0.15) is 15.8 Å². The lowest BCUT2D eigenvalue weighted by molar-refractivity contribution is 0.659. The van der Waals surface area contributed by atoms with Crippen molar-refractivity contribution in [2.75, 3.05) is 34.3 Å². The number of nitrogens with zero attached hydrogens (tertiary/aromatic N) is 10. The van der Waals surface area contributed by atoms with E-state index in [9.17, 15) is 15.8 Å². The van der Waals surface area contributed by atoms with E-state index in [0.717, 1.165) is 168 Å². The van der Waals surface area contributed by atoms with Crippen LogP contribution in [0.3, 0.4) is 0 Å². The van der Waals surface area contributed by atoms with E-state index in [1.54, 1.807) is 0 Å². The average Bonchev–Trinajstić information content (AvgIpc) is 1.34. The molecule has 0 spiro atoms. The number of fused-ring (bicyclic) bond motifs is 15. The van der Waals surface area contributed by atoms with Gasteiger partial charge in [0.2, 0.25) is 0 Å². The van der Waals surface area contributed by atoms with E-state index in [0.29, 0.717) is 16.7 Å². The van der Waals surface area contributed by atoms with E-state index in [-0.39, 0.29) is 0 Å². The van der Waals surface area contributed by atoms with Crippen molar-refractivity contribution >= 4 is 152 Å². The van der Waals surface area contributed by atoms with Gasteiger partial charge in [0.25, 0.3) is 0 Å². The summed E-state index contributed by atoms with van der Waals surface area (Å²) in [7, 11) is 0. The Balaban J connectivity index is 0.814. The lowest BCUT2D eigenvalue weighted by Crippen LogP contribution is -2.37. The maximum atomic E-state index is 10.3. The minimum absolute atomic E-state index is 0.599. The fraction of sp³-hybridized carbons (Fsp3) is 0.0789. The summed E-state index contributed by atoms with van der Waals surface area (Å²) in [5.41, 5.74) is 35.8. The van der Waals surface area contributed by atoms with Gasteiger partial charge in [-0.15, -0.1) is 0 Å². The van der Waals surface area contributed by atoms with E-state index in [2.05, 4.69) is 422 Å². The van der Waals surface area contributed by atoms with Crippen LogP contribution in [0, 0.1) is 34.0 Å². The van der Waals surface area contributed by atoms with Gasteiger partial charge >= 0.3 is 0 Å². The highest BCUT2D eigenvalue weighted by atomic mass is 15.4. The van der Waals surface area contributed by atoms with Crippen molar-refractivity contribution in [2.45, 2.75) is 57.8 Å². The van der Waals surface area contributed by atoms with Crippen molar-refractivity contribution in [1.82, 2.24) is 0 Å². The van der Waals surface area contributed by atoms with Crippen LogP contribution >= 0.6 is 0 Å². The lowest BCUT2D eigenvalue weighted by Gasteiger charge is -2.53. The maximum absolute atomic E-state index is 10.3. The van der Waals surface area contributed by atoms with Crippen LogP contribution in [-0.4, -0.2) is 0 Å². The largest absolute Gasteiger partial charge is 0.310 e. The second-order valence-corrected chi connectivity index (χ2v) is 34.9. The predicted octanol–water partition coefficient (Wildman–Crippen LogP) is 30.9. The van der Waals surface area contributed by atoms with Crippen LogP contribution in [0.1, 0.15) is 91.6 Å². The summed E-state index contributed by atoms with van der Waals surface area (Å²) in [6, 6.07) is 140. The third-order valence-electron chi connectivity index (χ3n) is 27.3. The minimum Gasteiger partial charge on any atom is -0.310 e. The zero-order valence-electron chi connectivity index (χ0n) is 69.1. The highest BCUT2D eigenvalue weighted by molar-refractivity contribution is 6.28. The molecular formula is C114H78N10. The molecule has 10 heteroatoms. The third kappa shape index (κ3) is 10.2. The summed E-state index contributed by atoms with van der Waals surface area (Å²) in [4.78, 5) is 17.8. The Morgan fingerprint density at radius 2 is 0.476 bits per heavy atom. The number of rotatable bonds is 12. The second-order valence-electron chi connectivity index (χ2n) is 34.9. The van der Waals surface area contributed by atoms with E-state index in [1.807, 2.05) is 36.4 Å². The standard InChI is InChI=1S/C114H78N10/c1-112(2)91-61-82(118(79-49-43-70(67-115)44-50-79)97-40-22-28-73-25-16-19-37-85(73)97)55-58-88(91)103-94(112)64-100-106-109(103)122(77-33-12-8-13-34-77)101-65-95-105(90-60-57-84(63-93(90)113(95,3)4)120(81-53-47-72(69-117)48-54-81)99-42-24-30-75-27-18-21-39-87(75)99)111-107(101)124(106)108-102(123(111)78-35-14-9-15-36-78)66-96-104(110(108)121(100)76-31-10-7-11-32-76)89-59-56-83(62-92(89)114(96,5)6)119(80-51-45-71(68-116)46-52-80)98-41-23-29-74-26-17-20-38-86(74)98/h7-66H,1-6H3. The number of benzene rings is 18. The molecule has 6 aliphatic rings. The van der Waals surface area contributed by atoms with Gasteiger partial charge in [0.05, 0.1) is 103 Å². The SMILES string of the molecule is CC1(C)c2cc(N(c3ccc(C#N)cc3)c3cccc4ccccc34)ccc2-c2c1cc1c3c2N(c2ccccc2)c2cc4c(c5c2N3c2c(cc3c(c2N1c1ccccc1)-c1ccc(N(c2ccc(C#N)cc2)c2cccc6ccccc26)cc1C3(C)C)N5c1ccccc1)-c1ccc(N(c2ccc(C#N)cc2)c2cccc3ccccc23)cc1C4(C)C. The molecule has 18 aromatic rings. The van der Waals surface area contributed by atoms with Crippen molar-refractivity contribution in [2.24, 2.45) is 0 Å². The molecule has 0 atom stereocenters. The highest BCUT2D eigenvalue weighted by Crippen LogP contribution is 2.78. The summed E-state index contributed by atoms with van der Waals surface area (Å²) in [5.74, 6) is 0. The predicted molar refractivity (Wildman–Crippen MR) is 509 cm³/mol. The van der Waals surface area contributed by atoms with Crippen molar-refractivity contribution < 1.29 is 0 Å². The molecule has 0 saturated heterocycles. The summed E-state index contributed by atoms with van der Waals surface area (Å²) in [6.07, 6.45) is 0. The van der Waals surface area contributed by atoms with Crippen molar-refractivity contribution in [3.8, 4) is 51.6 Å². The molecule has 3 aliphatic carbocycles. The Hall–Kier alpha value is -16.2. The van der Waals surface area contributed by atoms with Crippen LogP contribution in [-0.2, 0) is 16.2 Å². The molecule has 0 N–H and O–H groups in total. The molecule has 3 aliphatic heterocycles. The van der Waals surface area contributed by atoms with Crippen molar-refractivity contribution in [3.63, 3.8) is 0 Å². The fourth-order valence-electron chi connectivity index (χ4n) is 21.5. The van der Waals surface area contributed by atoms with Crippen molar-refractivity contribution in [1.29, 1.82) is 15.8 Å². The second kappa shape index (κ2) is 26.7. The first-order valence-electron chi connectivity index (χ1n) is 42.5. The van der Waals surface area contributed by atoms with Gasteiger partial charge < -0.3 is 29.4 Å². The molecule has 124 heavy (non-hydrogen) atoms. The summed E-state index contributed by atoms with van der Waals surface area (Å²) >= 11 is 0. The number of para-hydroxylation sites is 3. The molecular weight excluding hydrogens is 1510 g/mol. The van der Waals surface area contributed by atoms with Crippen LogP contribution in [0.25, 0.3) is 65.7 Å². The minimum atomic E-state index is -0.625. The Kier molecular flexibility index (Phi) is 15.5. The fourth-order valence-corrected chi connectivity index (χ4v) is 21.5. The normalized spacial score (nSPS) is 14.2. The van der Waals surface area contributed by atoms with E-state index < -0.39 is 16.2 Å². The molecule has 0 amide bonds. The molecule has 24 rings (SSSR count). The smallest absolute Gasteiger partial charge is 0.0991 e. The maximum Gasteiger partial charge on any atom is 0.0991 e. The molecule has 0 bridgehead atoms. The molecule has 0 fully saturated rings. The van der Waals surface area contributed by atoms with Gasteiger partial charge in [0, 0.05) is 100 Å². The van der Waals surface area contributed by atoms with E-state index in [1.165, 1.54) is 50.1 Å². The zero-order chi connectivity index (χ0) is 83.3. The number of hydrogen-bond donors (Lipinski definition) is 0. The van der Waals surface area contributed by atoms with Crippen LogP contribution in [0.2, 0.25) is 0 Å². The van der Waals surface area contributed by atoms with Gasteiger partial charge in [0.1, 0.15) is 0 Å². The van der Waals surface area contributed by atoms with Gasteiger partial charge in [-0.1, -0.05) is 224 Å². The topological polar surface area (TPSA) is 94.1 Å². The van der Waals surface area contributed by atoms with E-state index in [4.69, 9.17) is 0 Å².